The number of hydrazone groups is 1. The van der Waals surface area contributed by atoms with E-state index in [4.69, 9.17) is 14.2 Å². The molecular weight excluding hydrogens is 348 g/mol. The van der Waals surface area contributed by atoms with E-state index >= 15 is 0 Å². The second kappa shape index (κ2) is 8.19. The van der Waals surface area contributed by atoms with Crippen molar-refractivity contribution in [2.45, 2.75) is 12.8 Å². The van der Waals surface area contributed by atoms with Gasteiger partial charge in [0.15, 0.2) is 9.84 Å². The highest BCUT2D eigenvalue weighted by Crippen LogP contribution is 2.32. The molecule has 1 aliphatic heterocycles. The van der Waals surface area contributed by atoms with Gasteiger partial charge in [0.25, 0.3) is 0 Å². The molecule has 1 heterocycles. The molecule has 0 saturated carbocycles. The molecule has 0 radical (unpaired) electrons. The number of hydrogen-bond donors (Lipinski definition) is 1. The molecule has 1 aliphatic rings. The minimum atomic E-state index is -2.99. The summed E-state index contributed by atoms with van der Waals surface area (Å²) in [5, 5.41) is 3.92. The molecule has 1 saturated heterocycles. The number of methoxy groups -OCH3 is 3. The van der Waals surface area contributed by atoms with Crippen LogP contribution in [0, 0.1) is 5.92 Å². The molecule has 25 heavy (non-hydrogen) atoms. The highest BCUT2D eigenvalue weighted by atomic mass is 32.2. The second-order valence-electron chi connectivity index (χ2n) is 5.71. The van der Waals surface area contributed by atoms with Crippen LogP contribution in [0.3, 0.4) is 0 Å². The maximum Gasteiger partial charge on any atom is 0.240 e. The van der Waals surface area contributed by atoms with Crippen molar-refractivity contribution in [3.8, 4) is 17.2 Å². The lowest BCUT2D eigenvalue weighted by Crippen LogP contribution is -2.21. The first kappa shape index (κ1) is 19.0. The molecule has 138 valence electrons. The van der Waals surface area contributed by atoms with Gasteiger partial charge in [0.1, 0.15) is 17.2 Å². The van der Waals surface area contributed by atoms with Gasteiger partial charge in [-0.1, -0.05) is 0 Å². The average molecular weight is 370 g/mol. The maximum atomic E-state index is 11.9. The van der Waals surface area contributed by atoms with Gasteiger partial charge in [-0.25, -0.2) is 13.8 Å². The molecule has 0 unspecified atom stereocenters. The molecule has 0 bridgehead atoms. The third kappa shape index (κ3) is 5.09. The van der Waals surface area contributed by atoms with Gasteiger partial charge in [-0.15, -0.1) is 0 Å². The van der Waals surface area contributed by atoms with Gasteiger partial charge in [-0.3, -0.25) is 4.79 Å². The summed E-state index contributed by atoms with van der Waals surface area (Å²) >= 11 is 0. The van der Waals surface area contributed by atoms with Crippen molar-refractivity contribution in [3.05, 3.63) is 17.7 Å². The fourth-order valence-electron chi connectivity index (χ4n) is 2.67. The van der Waals surface area contributed by atoms with Gasteiger partial charge < -0.3 is 14.2 Å². The normalized spacial score (nSPS) is 18.9. The Kier molecular flexibility index (Phi) is 6.24. The number of carbonyl (C=O) groups is 1. The summed E-state index contributed by atoms with van der Waals surface area (Å²) in [5.41, 5.74) is 2.96. The van der Waals surface area contributed by atoms with E-state index in [1.807, 2.05) is 0 Å². The van der Waals surface area contributed by atoms with Crippen molar-refractivity contribution in [2.75, 3.05) is 32.8 Å². The number of hydrogen-bond acceptors (Lipinski definition) is 7. The molecule has 9 heteroatoms. The highest BCUT2D eigenvalue weighted by Gasteiger charge is 2.29. The molecule has 1 N–H and O–H groups in total. The van der Waals surface area contributed by atoms with E-state index in [1.165, 1.54) is 27.5 Å². The van der Waals surface area contributed by atoms with Crippen LogP contribution < -0.4 is 19.6 Å². The molecule has 1 amide bonds. The third-order valence-electron chi connectivity index (χ3n) is 3.94. The summed E-state index contributed by atoms with van der Waals surface area (Å²) in [4.78, 5) is 11.9. The fraction of sp³-hybridized carbons (Fsp3) is 0.500. The Morgan fingerprint density at radius 2 is 1.88 bits per heavy atom. The van der Waals surface area contributed by atoms with Gasteiger partial charge in [0.05, 0.1) is 44.6 Å². The molecule has 0 aliphatic carbocycles. The number of amides is 1. The number of nitrogens with one attached hydrogen (secondary N) is 1. The molecule has 2 rings (SSSR count). The summed E-state index contributed by atoms with van der Waals surface area (Å²) in [6.07, 6.45) is 2.06. The standard InChI is InChI=1S/C16H22N2O6S/c1-22-12-7-14(23-2)13(15(8-12)24-3)9-17-18-16(19)6-11-4-5-25(20,21)10-11/h7-9,11H,4-6,10H2,1-3H3,(H,18,19)/b17-9-/t11-/m0/s1. The Morgan fingerprint density at radius 1 is 1.24 bits per heavy atom. The fourth-order valence-corrected chi connectivity index (χ4v) is 4.53. The van der Waals surface area contributed by atoms with Crippen molar-refractivity contribution in [3.63, 3.8) is 0 Å². The lowest BCUT2D eigenvalue weighted by atomic mass is 10.1. The van der Waals surface area contributed by atoms with Crippen LogP contribution in [0.15, 0.2) is 17.2 Å². The topological polar surface area (TPSA) is 103 Å². The van der Waals surface area contributed by atoms with E-state index in [-0.39, 0.29) is 29.8 Å². The maximum absolute atomic E-state index is 11.9. The number of ether oxygens (including phenoxy) is 3. The van der Waals surface area contributed by atoms with Gasteiger partial charge in [0.2, 0.25) is 5.91 Å². The van der Waals surface area contributed by atoms with Gasteiger partial charge in [-0.05, 0) is 12.3 Å². The molecule has 0 aromatic heterocycles. The highest BCUT2D eigenvalue weighted by molar-refractivity contribution is 7.91. The second-order valence-corrected chi connectivity index (χ2v) is 7.94. The first-order valence-corrected chi connectivity index (χ1v) is 9.53. The monoisotopic (exact) mass is 370 g/mol. The summed E-state index contributed by atoms with van der Waals surface area (Å²) in [7, 11) is 1.55. The van der Waals surface area contributed by atoms with Gasteiger partial charge in [0, 0.05) is 18.6 Å². The molecule has 1 atom stereocenters. The van der Waals surface area contributed by atoms with Crippen LogP contribution in [0.25, 0.3) is 0 Å². The smallest absolute Gasteiger partial charge is 0.240 e. The van der Waals surface area contributed by atoms with E-state index in [1.54, 1.807) is 12.1 Å². The molecule has 1 aromatic rings. The summed E-state index contributed by atoms with van der Waals surface area (Å²) in [6, 6.07) is 3.35. The van der Waals surface area contributed by atoms with Gasteiger partial charge in [-0.2, -0.15) is 5.10 Å². The predicted molar refractivity (Wildman–Crippen MR) is 93.2 cm³/mol. The summed E-state index contributed by atoms with van der Waals surface area (Å²) in [6.45, 7) is 0. The van der Waals surface area contributed by atoms with E-state index in [0.29, 0.717) is 29.2 Å². The Hall–Kier alpha value is -2.29. The number of carbonyl (C=O) groups excluding carboxylic acids is 1. The zero-order chi connectivity index (χ0) is 18.4. The van der Waals surface area contributed by atoms with Crippen LogP contribution >= 0.6 is 0 Å². The van der Waals surface area contributed by atoms with E-state index in [9.17, 15) is 13.2 Å². The third-order valence-corrected chi connectivity index (χ3v) is 5.77. The Balaban J connectivity index is 2.03. The Morgan fingerprint density at radius 3 is 2.36 bits per heavy atom. The van der Waals surface area contributed by atoms with Crippen molar-refractivity contribution in [1.29, 1.82) is 0 Å². The first-order chi connectivity index (χ1) is 11.9. The number of nitrogens with zero attached hydrogens (tertiary/aromatic N) is 1. The minimum absolute atomic E-state index is 0.0598. The number of rotatable bonds is 7. The average Bonchev–Trinajstić information content (AvgIpc) is 2.92. The first-order valence-electron chi connectivity index (χ1n) is 7.71. The molecule has 1 fully saturated rings. The van der Waals surface area contributed by atoms with Crippen molar-refractivity contribution >= 4 is 22.0 Å². The van der Waals surface area contributed by atoms with Crippen molar-refractivity contribution in [1.82, 2.24) is 5.43 Å². The summed E-state index contributed by atoms with van der Waals surface area (Å²) < 4.78 is 38.6. The van der Waals surface area contributed by atoms with Crippen LogP contribution in [0.2, 0.25) is 0 Å². The molecule has 1 aromatic carbocycles. The Bertz CT molecular complexity index is 735. The van der Waals surface area contributed by atoms with Crippen molar-refractivity contribution < 1.29 is 27.4 Å². The van der Waals surface area contributed by atoms with Crippen molar-refractivity contribution in [2.24, 2.45) is 11.0 Å². The quantitative estimate of drug-likeness (QED) is 0.567. The largest absolute Gasteiger partial charge is 0.496 e. The summed E-state index contributed by atoms with van der Waals surface area (Å²) in [5.74, 6) is 1.26. The lowest BCUT2D eigenvalue weighted by molar-refractivity contribution is -0.121. The van der Waals surface area contributed by atoms with Crippen LogP contribution in [0.4, 0.5) is 0 Å². The van der Waals surface area contributed by atoms with Crippen LogP contribution in [0.1, 0.15) is 18.4 Å². The zero-order valence-corrected chi connectivity index (χ0v) is 15.3. The van der Waals surface area contributed by atoms with Crippen LogP contribution in [0.5, 0.6) is 17.2 Å². The van der Waals surface area contributed by atoms with Crippen LogP contribution in [-0.2, 0) is 14.6 Å². The van der Waals surface area contributed by atoms with Gasteiger partial charge >= 0.3 is 0 Å². The van der Waals surface area contributed by atoms with Crippen LogP contribution in [-0.4, -0.2) is 53.4 Å². The van der Waals surface area contributed by atoms with E-state index < -0.39 is 9.84 Å². The SMILES string of the molecule is COc1cc(OC)c(/C=N\NC(=O)C[C@@H]2CCS(=O)(=O)C2)c(OC)c1. The number of benzene rings is 1. The Labute approximate surface area is 147 Å². The minimum Gasteiger partial charge on any atom is -0.496 e. The molecule has 0 spiro atoms. The van der Waals surface area contributed by atoms with E-state index in [2.05, 4.69) is 10.5 Å². The zero-order valence-electron chi connectivity index (χ0n) is 14.4. The molecular formula is C16H22N2O6S. The lowest BCUT2D eigenvalue weighted by Gasteiger charge is -2.12. The molecule has 8 nitrogen and oxygen atoms in total. The number of sulfone groups is 1. The predicted octanol–water partition coefficient (Wildman–Crippen LogP) is 0.987. The van der Waals surface area contributed by atoms with E-state index in [0.717, 1.165) is 0 Å².